The van der Waals surface area contributed by atoms with Gasteiger partial charge in [0.15, 0.2) is 0 Å². The lowest BCUT2D eigenvalue weighted by Gasteiger charge is -2.27. The Morgan fingerprint density at radius 2 is 2.00 bits per heavy atom. The summed E-state index contributed by atoms with van der Waals surface area (Å²) in [6, 6.07) is 0.431. The smallest absolute Gasteiger partial charge is 0.316 e. The van der Waals surface area contributed by atoms with Gasteiger partial charge in [0, 0.05) is 19.3 Å². The Bertz CT molecular complexity index is 213. The molecule has 2 amide bonds. The molecule has 0 spiro atoms. The van der Waals surface area contributed by atoms with Gasteiger partial charge in [-0.05, 0) is 19.3 Å². The highest BCUT2D eigenvalue weighted by molar-refractivity contribution is 5.80. The van der Waals surface area contributed by atoms with Crippen LogP contribution in [0.25, 0.3) is 0 Å². The molecule has 2 fully saturated rings. The van der Waals surface area contributed by atoms with Crippen LogP contribution in [0.15, 0.2) is 12.3 Å². The van der Waals surface area contributed by atoms with Crippen LogP contribution < -0.4 is 0 Å². The van der Waals surface area contributed by atoms with Crippen molar-refractivity contribution >= 4 is 6.03 Å². The average molecular weight is 196 g/mol. The maximum Gasteiger partial charge on any atom is 0.324 e. The minimum atomic E-state index is 0.129. The first-order valence-corrected chi connectivity index (χ1v) is 5.45. The van der Waals surface area contributed by atoms with E-state index in [0.717, 1.165) is 25.1 Å². The summed E-state index contributed by atoms with van der Waals surface area (Å²) >= 11 is 0. The first kappa shape index (κ1) is 11.1. The Kier molecular flexibility index (Phi) is 3.55. The van der Waals surface area contributed by atoms with Crippen LogP contribution in [0.1, 0.15) is 33.1 Å². The summed E-state index contributed by atoms with van der Waals surface area (Å²) in [6.07, 6.45) is 3.46. The Morgan fingerprint density at radius 3 is 2.57 bits per heavy atom. The number of carbonyl (C=O) groups excluding carboxylic acids is 1. The second-order valence-electron chi connectivity index (χ2n) is 3.54. The normalized spacial score (nSPS) is 25.8. The fraction of sp³-hybridized carbons (Fsp3) is 0.727. The molecule has 0 bridgehead atoms. The summed E-state index contributed by atoms with van der Waals surface area (Å²) in [5.41, 5.74) is 0.972. The van der Waals surface area contributed by atoms with Crippen molar-refractivity contribution < 1.29 is 4.79 Å². The second kappa shape index (κ2) is 4.49. The van der Waals surface area contributed by atoms with Crippen LogP contribution in [0.5, 0.6) is 0 Å². The fourth-order valence-corrected chi connectivity index (χ4v) is 2.05. The second-order valence-corrected chi connectivity index (χ2v) is 3.54. The zero-order chi connectivity index (χ0) is 10.7. The summed E-state index contributed by atoms with van der Waals surface area (Å²) < 4.78 is 0. The molecular formula is C11H20N2O. The average Bonchev–Trinajstić information content (AvgIpc) is 2.48. The lowest BCUT2D eigenvalue weighted by Crippen LogP contribution is -2.37. The number of fused-ring (bicyclic) bond motifs is 1. The fourth-order valence-electron chi connectivity index (χ4n) is 2.05. The first-order chi connectivity index (χ1) is 6.72. The van der Waals surface area contributed by atoms with Crippen LogP contribution in [-0.2, 0) is 0 Å². The maximum atomic E-state index is 11.5. The third-order valence-corrected chi connectivity index (χ3v) is 2.85. The maximum absolute atomic E-state index is 11.5. The van der Waals surface area contributed by atoms with Gasteiger partial charge in [-0.1, -0.05) is 20.4 Å². The van der Waals surface area contributed by atoms with Crippen molar-refractivity contribution in [2.45, 2.75) is 39.2 Å². The molecule has 14 heavy (non-hydrogen) atoms. The number of likely N-dealkylation sites (N-methyl/N-ethyl adjacent to an activating group) is 1. The molecule has 2 aliphatic rings. The number of hydrogen-bond acceptors (Lipinski definition) is 1. The first-order valence-electron chi connectivity index (χ1n) is 5.45. The molecule has 0 N–H and O–H groups in total. The van der Waals surface area contributed by atoms with Gasteiger partial charge in [-0.2, -0.15) is 0 Å². The van der Waals surface area contributed by atoms with Gasteiger partial charge >= 0.3 is 6.03 Å². The van der Waals surface area contributed by atoms with Gasteiger partial charge < -0.3 is 4.90 Å². The van der Waals surface area contributed by atoms with E-state index in [2.05, 4.69) is 6.58 Å². The molecule has 80 valence electrons. The predicted molar refractivity (Wildman–Crippen MR) is 58.0 cm³/mol. The van der Waals surface area contributed by atoms with Gasteiger partial charge in [-0.3, -0.25) is 4.90 Å². The Balaban J connectivity index is 0.000000461. The molecule has 1 unspecified atom stereocenters. The van der Waals surface area contributed by atoms with Gasteiger partial charge in [-0.25, -0.2) is 4.79 Å². The molecular weight excluding hydrogens is 176 g/mol. The molecule has 2 saturated heterocycles. The summed E-state index contributed by atoms with van der Waals surface area (Å²) in [7, 11) is 1.81. The number of carbonyl (C=O) groups is 1. The van der Waals surface area contributed by atoms with E-state index in [9.17, 15) is 4.79 Å². The molecule has 0 saturated carbocycles. The monoisotopic (exact) mass is 196 g/mol. The standard InChI is InChI=1S/C9H14N2O.C2H6/c1-7-8-5-3-4-6-11(8)9(12)10(7)2;1-2/h8H,1,3-6H2,2H3;1-2H3. The van der Waals surface area contributed by atoms with Crippen LogP contribution in [0.2, 0.25) is 0 Å². The molecule has 2 heterocycles. The minimum absolute atomic E-state index is 0.129. The van der Waals surface area contributed by atoms with E-state index >= 15 is 0 Å². The zero-order valence-electron chi connectivity index (χ0n) is 9.42. The predicted octanol–water partition coefficient (Wildman–Crippen LogP) is 2.45. The summed E-state index contributed by atoms with van der Waals surface area (Å²) in [5, 5.41) is 0. The summed E-state index contributed by atoms with van der Waals surface area (Å²) in [6.45, 7) is 8.84. The molecule has 3 heteroatoms. The van der Waals surface area contributed by atoms with Crippen molar-refractivity contribution in [1.82, 2.24) is 9.80 Å². The van der Waals surface area contributed by atoms with Crippen molar-refractivity contribution in [2.24, 2.45) is 0 Å². The third kappa shape index (κ3) is 1.63. The van der Waals surface area contributed by atoms with Gasteiger partial charge in [0.05, 0.1) is 6.04 Å². The highest BCUT2D eigenvalue weighted by Gasteiger charge is 2.39. The van der Waals surface area contributed by atoms with Crippen LogP contribution in [0.3, 0.4) is 0 Å². The number of nitrogens with zero attached hydrogens (tertiary/aromatic N) is 2. The molecule has 0 aromatic rings. The highest BCUT2D eigenvalue weighted by atomic mass is 16.2. The molecule has 1 atom stereocenters. The van der Waals surface area contributed by atoms with Crippen molar-refractivity contribution in [2.75, 3.05) is 13.6 Å². The Morgan fingerprint density at radius 1 is 1.36 bits per heavy atom. The Labute approximate surface area is 86.4 Å². The van der Waals surface area contributed by atoms with Crippen LogP contribution in [-0.4, -0.2) is 35.5 Å². The molecule has 0 aliphatic carbocycles. The number of hydrogen-bond donors (Lipinski definition) is 0. The minimum Gasteiger partial charge on any atom is -0.316 e. The number of amides is 2. The van der Waals surface area contributed by atoms with Gasteiger partial charge in [0.1, 0.15) is 0 Å². The van der Waals surface area contributed by atoms with E-state index in [1.54, 1.807) is 4.90 Å². The Hall–Kier alpha value is -0.990. The molecule has 3 nitrogen and oxygen atoms in total. The summed E-state index contributed by atoms with van der Waals surface area (Å²) in [5.74, 6) is 0. The van der Waals surface area contributed by atoms with Crippen molar-refractivity contribution in [3.8, 4) is 0 Å². The van der Waals surface area contributed by atoms with E-state index in [-0.39, 0.29) is 6.03 Å². The van der Waals surface area contributed by atoms with Gasteiger partial charge in [0.2, 0.25) is 0 Å². The summed E-state index contributed by atoms with van der Waals surface area (Å²) in [4.78, 5) is 15.2. The topological polar surface area (TPSA) is 23.6 Å². The largest absolute Gasteiger partial charge is 0.324 e. The quantitative estimate of drug-likeness (QED) is 0.583. The molecule has 2 aliphatic heterocycles. The lowest BCUT2D eigenvalue weighted by atomic mass is 10.0. The van der Waals surface area contributed by atoms with Crippen LogP contribution in [0.4, 0.5) is 4.79 Å². The van der Waals surface area contributed by atoms with E-state index in [0.29, 0.717) is 6.04 Å². The number of piperidine rings is 1. The third-order valence-electron chi connectivity index (χ3n) is 2.85. The molecule has 0 aromatic heterocycles. The van der Waals surface area contributed by atoms with E-state index in [1.807, 2.05) is 25.8 Å². The van der Waals surface area contributed by atoms with Crippen molar-refractivity contribution in [3.63, 3.8) is 0 Å². The molecule has 0 aromatic carbocycles. The zero-order valence-corrected chi connectivity index (χ0v) is 9.42. The number of rotatable bonds is 0. The lowest BCUT2D eigenvalue weighted by molar-refractivity contribution is 0.178. The van der Waals surface area contributed by atoms with Crippen molar-refractivity contribution in [1.29, 1.82) is 0 Å². The van der Waals surface area contributed by atoms with Gasteiger partial charge in [-0.15, -0.1) is 0 Å². The van der Waals surface area contributed by atoms with Crippen molar-refractivity contribution in [3.05, 3.63) is 12.3 Å². The molecule has 2 rings (SSSR count). The van der Waals surface area contributed by atoms with Crippen LogP contribution >= 0.6 is 0 Å². The van der Waals surface area contributed by atoms with E-state index in [1.165, 1.54) is 6.42 Å². The van der Waals surface area contributed by atoms with E-state index in [4.69, 9.17) is 0 Å². The van der Waals surface area contributed by atoms with E-state index < -0.39 is 0 Å². The number of urea groups is 1. The molecule has 0 radical (unpaired) electrons. The highest BCUT2D eigenvalue weighted by Crippen LogP contribution is 2.30. The van der Waals surface area contributed by atoms with Gasteiger partial charge in [0.25, 0.3) is 0 Å². The SMILES string of the molecule is C=C1C2CCCCN2C(=O)N1C.CC. The van der Waals surface area contributed by atoms with Crippen LogP contribution in [0, 0.1) is 0 Å².